The Balaban J connectivity index is 1.81. The van der Waals surface area contributed by atoms with Gasteiger partial charge in [-0.15, -0.1) is 0 Å². The molecule has 3 N–H and O–H groups in total. The fraction of sp³-hybridized carbons (Fsp3) is 0.429. The van der Waals surface area contributed by atoms with Gasteiger partial charge in [0.25, 0.3) is 0 Å². The summed E-state index contributed by atoms with van der Waals surface area (Å²) in [5.74, 6) is -0.243. The summed E-state index contributed by atoms with van der Waals surface area (Å²) in [7, 11) is 0. The Kier molecular flexibility index (Phi) is 7.58. The highest BCUT2D eigenvalue weighted by molar-refractivity contribution is 6.00. The van der Waals surface area contributed by atoms with Gasteiger partial charge in [0.2, 0.25) is 5.91 Å². The van der Waals surface area contributed by atoms with Crippen LogP contribution in [0, 0.1) is 33.9 Å². The van der Waals surface area contributed by atoms with Gasteiger partial charge >= 0.3 is 0 Å². The van der Waals surface area contributed by atoms with Gasteiger partial charge < -0.3 is 16.0 Å². The molecule has 1 heterocycles. The average molecular weight is 478 g/mol. The minimum atomic E-state index is -0.582. The first kappa shape index (κ1) is 26.3. The molecule has 1 aromatic rings. The van der Waals surface area contributed by atoms with Gasteiger partial charge in [0.05, 0.1) is 11.1 Å². The minimum Gasteiger partial charge on any atom is -0.404 e. The van der Waals surface area contributed by atoms with Crippen LogP contribution in [-0.4, -0.2) is 29.6 Å². The lowest BCUT2D eigenvalue weighted by Gasteiger charge is -2.48. The number of rotatable bonds is 8. The van der Waals surface area contributed by atoms with Crippen LogP contribution in [0.15, 0.2) is 77.3 Å². The van der Waals surface area contributed by atoms with Gasteiger partial charge in [0.15, 0.2) is 0 Å². The first-order valence-corrected chi connectivity index (χ1v) is 11.9. The zero-order valence-corrected chi connectivity index (χ0v) is 21.1. The van der Waals surface area contributed by atoms with E-state index in [0.717, 1.165) is 24.0 Å². The summed E-state index contributed by atoms with van der Waals surface area (Å²) >= 11 is 0. The van der Waals surface area contributed by atoms with E-state index in [0.29, 0.717) is 30.1 Å². The molecule has 1 unspecified atom stereocenters. The molecule has 1 saturated heterocycles. The quantitative estimate of drug-likeness (QED) is 0.269. The number of halogens is 1. The molecule has 1 saturated carbocycles. The number of hydrogen-bond donors (Lipinski definition) is 2. The van der Waals surface area contributed by atoms with Crippen molar-refractivity contribution in [3.05, 3.63) is 78.4 Å². The molecule has 1 amide bonds. The minimum absolute atomic E-state index is 0.00921. The lowest BCUT2D eigenvalue weighted by Crippen LogP contribution is -2.59. The first-order chi connectivity index (χ1) is 16.5. The van der Waals surface area contributed by atoms with Gasteiger partial charge in [-0.3, -0.25) is 4.79 Å². The van der Waals surface area contributed by atoms with Crippen LogP contribution in [0.25, 0.3) is 5.70 Å². The van der Waals surface area contributed by atoms with Crippen LogP contribution < -0.4 is 5.73 Å². The third-order valence-electron chi connectivity index (χ3n) is 8.12. The zero-order valence-electron chi connectivity index (χ0n) is 21.1. The highest BCUT2D eigenvalue weighted by atomic mass is 19.1. The molecule has 0 bridgehead atoms. The van der Waals surface area contributed by atoms with E-state index in [4.69, 9.17) is 11.1 Å². The number of likely N-dealkylation sites (tertiary alicyclic amines) is 1. The van der Waals surface area contributed by atoms with E-state index in [2.05, 4.69) is 37.2 Å². The molecule has 35 heavy (non-hydrogen) atoms. The molecule has 1 aliphatic carbocycles. The Labute approximate surface area is 207 Å². The van der Waals surface area contributed by atoms with E-state index in [1.165, 1.54) is 18.5 Å². The maximum Gasteiger partial charge on any atom is 0.229 e. The monoisotopic (exact) mass is 477 g/mol. The van der Waals surface area contributed by atoms with Crippen molar-refractivity contribution in [1.82, 2.24) is 4.90 Å². The van der Waals surface area contributed by atoms with Crippen LogP contribution in [-0.2, 0) is 4.79 Å². The van der Waals surface area contributed by atoms with Crippen molar-refractivity contribution in [1.29, 1.82) is 5.41 Å². The molecule has 2 atom stereocenters. The van der Waals surface area contributed by atoms with E-state index in [-0.39, 0.29) is 23.2 Å². The molecule has 0 spiro atoms. The maximum atomic E-state index is 14.5. The Morgan fingerprint density at radius 3 is 2.54 bits per heavy atom. The predicted molar refractivity (Wildman–Crippen MR) is 139 cm³/mol. The third kappa shape index (κ3) is 4.77. The van der Waals surface area contributed by atoms with Crippen molar-refractivity contribution < 1.29 is 9.18 Å². The largest absolute Gasteiger partial charge is 0.404 e. The molecule has 1 aliphatic heterocycles. The lowest BCUT2D eigenvalue weighted by atomic mass is 9.63. The Morgan fingerprint density at radius 2 is 1.94 bits per heavy atom. The van der Waals surface area contributed by atoms with Crippen molar-refractivity contribution in [2.45, 2.75) is 40.5 Å². The van der Waals surface area contributed by atoms with Crippen molar-refractivity contribution in [3.63, 3.8) is 0 Å². The zero-order chi connectivity index (χ0) is 26.0. The van der Waals surface area contributed by atoms with Crippen molar-refractivity contribution in [3.8, 4) is 0 Å². The number of hydrogen-bond acceptors (Lipinski definition) is 5. The Hall–Kier alpha value is -3.35. The number of azo groups is 1. The molecule has 6 nitrogen and oxygen atoms in total. The summed E-state index contributed by atoms with van der Waals surface area (Å²) in [5.41, 5.74) is 7.33. The number of amides is 1. The smallest absolute Gasteiger partial charge is 0.229 e. The fourth-order valence-corrected chi connectivity index (χ4v) is 5.33. The fourth-order valence-electron chi connectivity index (χ4n) is 5.33. The summed E-state index contributed by atoms with van der Waals surface area (Å²) in [6.07, 6.45) is 6.03. The highest BCUT2D eigenvalue weighted by Crippen LogP contribution is 2.59. The summed E-state index contributed by atoms with van der Waals surface area (Å²) in [6, 6.07) is 6.42. The van der Waals surface area contributed by atoms with Crippen LogP contribution in [0.2, 0.25) is 0 Å². The van der Waals surface area contributed by atoms with Gasteiger partial charge in [-0.25, -0.2) is 4.39 Å². The number of allylic oxidation sites excluding steroid dienone is 3. The molecular formula is C28H36FN5O. The van der Waals surface area contributed by atoms with Crippen molar-refractivity contribution in [2.24, 2.45) is 38.6 Å². The van der Waals surface area contributed by atoms with Crippen LogP contribution in [0.5, 0.6) is 0 Å². The third-order valence-corrected chi connectivity index (χ3v) is 8.12. The molecule has 0 radical (unpaired) electrons. The second kappa shape index (κ2) is 10.1. The van der Waals surface area contributed by atoms with Gasteiger partial charge in [0.1, 0.15) is 5.82 Å². The Bertz CT molecular complexity index is 1130. The van der Waals surface area contributed by atoms with Gasteiger partial charge in [-0.05, 0) is 66.7 Å². The van der Waals surface area contributed by atoms with E-state index >= 15 is 0 Å². The number of benzene rings is 1. The van der Waals surface area contributed by atoms with Crippen LogP contribution in [0.3, 0.4) is 0 Å². The molecule has 0 aromatic heterocycles. The topological polar surface area (TPSA) is 94.9 Å². The Morgan fingerprint density at radius 1 is 1.29 bits per heavy atom. The van der Waals surface area contributed by atoms with Crippen molar-refractivity contribution >= 4 is 17.3 Å². The number of carbonyl (C=O) groups is 1. The number of carbonyl (C=O) groups excluding carboxylic acids is 1. The molecule has 2 aliphatic rings. The number of nitrogens with two attached hydrogens (primary N) is 1. The SMILES string of the molecule is C=C/N=N\C(=C/C(=C)[C@@H]1CCC(C)(C(=O)N2CC(C(=N)/C(C)=C\N)C2)C1(C)C)c1ccccc1F. The molecule has 186 valence electrons. The van der Waals surface area contributed by atoms with Crippen LogP contribution in [0.1, 0.15) is 46.1 Å². The molecule has 3 rings (SSSR count). The number of nitrogens with zero attached hydrogens (tertiary/aromatic N) is 3. The van der Waals surface area contributed by atoms with Crippen LogP contribution in [0.4, 0.5) is 4.39 Å². The van der Waals surface area contributed by atoms with Gasteiger partial charge in [-0.1, -0.05) is 46.1 Å². The van der Waals surface area contributed by atoms with E-state index < -0.39 is 11.2 Å². The standard InChI is InChI=1S/C28H36FN5O/c1-7-32-33-24(21-10-8-9-11-23(21)29)14-18(2)22-12-13-28(6,27(22,4)5)26(35)34-16-20(17-34)25(31)19(3)15-30/h7-11,14-15,20,22,31H,1-2,12-13,16-17,30H2,3-6H3/b19-15-,24-14-,31-25?,33-32-/t22-,28?/m0/s1. The lowest BCUT2D eigenvalue weighted by molar-refractivity contribution is -0.152. The second-order valence-corrected chi connectivity index (χ2v) is 10.3. The summed E-state index contributed by atoms with van der Waals surface area (Å²) < 4.78 is 14.5. The summed E-state index contributed by atoms with van der Waals surface area (Å²) in [5, 5.41) is 16.3. The van der Waals surface area contributed by atoms with Crippen LogP contribution >= 0.6 is 0 Å². The predicted octanol–water partition coefficient (Wildman–Crippen LogP) is 6.10. The normalized spacial score (nSPS) is 24.9. The average Bonchev–Trinajstić information content (AvgIpc) is 3.04. The summed E-state index contributed by atoms with van der Waals surface area (Å²) in [4.78, 5) is 15.5. The second-order valence-electron chi connectivity index (χ2n) is 10.3. The highest BCUT2D eigenvalue weighted by Gasteiger charge is 2.58. The van der Waals surface area contributed by atoms with Crippen molar-refractivity contribution in [2.75, 3.05) is 13.1 Å². The maximum absolute atomic E-state index is 14.5. The van der Waals surface area contributed by atoms with E-state index in [9.17, 15) is 9.18 Å². The molecular weight excluding hydrogens is 441 g/mol. The van der Waals surface area contributed by atoms with Gasteiger partial charge in [0, 0.05) is 36.5 Å². The molecule has 1 aromatic carbocycles. The number of nitrogens with one attached hydrogen (secondary N) is 1. The van der Waals surface area contributed by atoms with E-state index in [1.54, 1.807) is 24.3 Å². The van der Waals surface area contributed by atoms with E-state index in [1.807, 2.05) is 18.7 Å². The molecule has 2 fully saturated rings. The summed E-state index contributed by atoms with van der Waals surface area (Å²) in [6.45, 7) is 17.0. The molecule has 7 heteroatoms. The van der Waals surface area contributed by atoms with Gasteiger partial charge in [-0.2, -0.15) is 10.2 Å². The first-order valence-electron chi connectivity index (χ1n) is 11.9.